The monoisotopic (exact) mass is 379 g/mol. The molecule has 3 aromatic rings. The molecule has 2 heterocycles. The van der Waals surface area contributed by atoms with Crippen molar-refractivity contribution in [2.75, 3.05) is 7.05 Å². The maximum absolute atomic E-state index is 12.5. The second-order valence-electron chi connectivity index (χ2n) is 7.57. The van der Waals surface area contributed by atoms with Gasteiger partial charge < -0.3 is 14.4 Å². The third kappa shape index (κ3) is 4.06. The topological polar surface area (TPSA) is 74.9 Å². The van der Waals surface area contributed by atoms with E-state index in [0.29, 0.717) is 18.9 Å². The van der Waals surface area contributed by atoms with E-state index in [0.717, 1.165) is 28.2 Å². The van der Waals surface area contributed by atoms with E-state index in [1.807, 2.05) is 43.5 Å². The molecular formula is C22H25N3O3. The number of hydrogen-bond donors (Lipinski definition) is 1. The SMILES string of the molecule is Cc1ccc2nc(-c3ccc(C(=O)O)cc3)c(CN(C)C(=O)CC(C)C)n2c1. The summed E-state index contributed by atoms with van der Waals surface area (Å²) in [5, 5.41) is 9.13. The molecule has 0 aliphatic heterocycles. The fourth-order valence-electron chi connectivity index (χ4n) is 3.17. The molecule has 0 radical (unpaired) electrons. The molecule has 0 unspecified atom stereocenters. The fraction of sp³-hybridized carbons (Fsp3) is 0.318. The molecule has 1 amide bonds. The van der Waals surface area contributed by atoms with Gasteiger partial charge in [0.2, 0.25) is 5.91 Å². The largest absolute Gasteiger partial charge is 0.478 e. The third-order valence-corrected chi connectivity index (χ3v) is 4.67. The predicted octanol–water partition coefficient (Wildman–Crippen LogP) is 4.01. The Morgan fingerprint density at radius 2 is 1.82 bits per heavy atom. The lowest BCUT2D eigenvalue weighted by Gasteiger charge is -2.19. The van der Waals surface area contributed by atoms with E-state index >= 15 is 0 Å². The summed E-state index contributed by atoms with van der Waals surface area (Å²) in [4.78, 5) is 30.1. The Hall–Kier alpha value is -3.15. The van der Waals surface area contributed by atoms with Crippen LogP contribution in [0, 0.1) is 12.8 Å². The molecule has 28 heavy (non-hydrogen) atoms. The number of rotatable bonds is 6. The minimum absolute atomic E-state index is 0.0878. The van der Waals surface area contributed by atoms with E-state index in [2.05, 4.69) is 0 Å². The van der Waals surface area contributed by atoms with E-state index in [1.54, 1.807) is 36.2 Å². The van der Waals surface area contributed by atoms with Crippen LogP contribution in [-0.4, -0.2) is 38.3 Å². The van der Waals surface area contributed by atoms with Crippen molar-refractivity contribution in [2.45, 2.75) is 33.7 Å². The van der Waals surface area contributed by atoms with Gasteiger partial charge in [0.15, 0.2) is 0 Å². The lowest BCUT2D eigenvalue weighted by atomic mass is 10.1. The Kier molecular flexibility index (Phi) is 5.49. The molecule has 0 saturated carbocycles. The summed E-state index contributed by atoms with van der Waals surface area (Å²) >= 11 is 0. The van der Waals surface area contributed by atoms with Gasteiger partial charge in [-0.15, -0.1) is 0 Å². The first-order valence-corrected chi connectivity index (χ1v) is 9.31. The van der Waals surface area contributed by atoms with E-state index in [9.17, 15) is 9.59 Å². The van der Waals surface area contributed by atoms with Gasteiger partial charge in [-0.2, -0.15) is 0 Å². The van der Waals surface area contributed by atoms with E-state index in [-0.39, 0.29) is 11.5 Å². The van der Waals surface area contributed by atoms with Gasteiger partial charge in [-0.1, -0.05) is 32.0 Å². The fourth-order valence-corrected chi connectivity index (χ4v) is 3.17. The Labute approximate surface area is 164 Å². The number of fused-ring (bicyclic) bond motifs is 1. The van der Waals surface area contributed by atoms with Crippen LogP contribution in [0.5, 0.6) is 0 Å². The van der Waals surface area contributed by atoms with Gasteiger partial charge in [-0.25, -0.2) is 9.78 Å². The molecule has 6 heteroatoms. The van der Waals surface area contributed by atoms with Crippen LogP contribution in [-0.2, 0) is 11.3 Å². The highest BCUT2D eigenvalue weighted by Crippen LogP contribution is 2.26. The lowest BCUT2D eigenvalue weighted by molar-refractivity contribution is -0.131. The van der Waals surface area contributed by atoms with Gasteiger partial charge in [0.25, 0.3) is 0 Å². The van der Waals surface area contributed by atoms with Gasteiger partial charge in [0.05, 0.1) is 23.5 Å². The highest BCUT2D eigenvalue weighted by molar-refractivity contribution is 5.88. The number of carbonyl (C=O) groups is 2. The van der Waals surface area contributed by atoms with Crippen molar-refractivity contribution in [2.24, 2.45) is 5.92 Å². The molecule has 146 valence electrons. The Morgan fingerprint density at radius 3 is 2.43 bits per heavy atom. The number of imidazole rings is 1. The minimum atomic E-state index is -0.962. The number of pyridine rings is 1. The van der Waals surface area contributed by atoms with E-state index < -0.39 is 5.97 Å². The zero-order chi connectivity index (χ0) is 20.4. The molecule has 3 rings (SSSR count). The van der Waals surface area contributed by atoms with Crippen molar-refractivity contribution in [1.82, 2.24) is 14.3 Å². The molecule has 6 nitrogen and oxygen atoms in total. The number of hydrogen-bond acceptors (Lipinski definition) is 3. The quantitative estimate of drug-likeness (QED) is 0.702. The van der Waals surface area contributed by atoms with Crippen LogP contribution in [0.25, 0.3) is 16.9 Å². The predicted molar refractivity (Wildman–Crippen MR) is 108 cm³/mol. The maximum atomic E-state index is 12.5. The number of aryl methyl sites for hydroxylation is 1. The van der Waals surface area contributed by atoms with Crippen molar-refractivity contribution in [3.05, 3.63) is 59.4 Å². The third-order valence-electron chi connectivity index (χ3n) is 4.67. The lowest BCUT2D eigenvalue weighted by Crippen LogP contribution is -2.28. The number of nitrogens with zero attached hydrogens (tertiary/aromatic N) is 3. The number of benzene rings is 1. The summed E-state index contributed by atoms with van der Waals surface area (Å²) in [7, 11) is 1.80. The molecule has 0 aliphatic carbocycles. The Morgan fingerprint density at radius 1 is 1.14 bits per heavy atom. The molecular weight excluding hydrogens is 354 g/mol. The summed E-state index contributed by atoms with van der Waals surface area (Å²) in [6.45, 7) is 6.49. The molecule has 0 saturated heterocycles. The number of aromatic nitrogens is 2. The van der Waals surface area contributed by atoms with E-state index in [4.69, 9.17) is 10.1 Å². The summed E-state index contributed by atoms with van der Waals surface area (Å²) < 4.78 is 2.01. The van der Waals surface area contributed by atoms with Crippen molar-refractivity contribution >= 4 is 17.5 Å². The molecule has 0 fully saturated rings. The highest BCUT2D eigenvalue weighted by atomic mass is 16.4. The standard InChI is InChI=1S/C22H25N3O3/c1-14(2)11-20(26)24(4)13-18-21(16-6-8-17(9-7-16)22(27)28)23-19-10-5-15(3)12-25(18)19/h5-10,12,14H,11,13H2,1-4H3,(H,27,28). The molecule has 2 aromatic heterocycles. The zero-order valence-electron chi connectivity index (χ0n) is 16.6. The number of amides is 1. The average Bonchev–Trinajstić information content (AvgIpc) is 2.99. The summed E-state index contributed by atoms with van der Waals surface area (Å²) in [6.07, 6.45) is 2.50. The van der Waals surface area contributed by atoms with Gasteiger partial charge in [-0.3, -0.25) is 4.79 Å². The van der Waals surface area contributed by atoms with Crippen LogP contribution < -0.4 is 0 Å². The van der Waals surface area contributed by atoms with Gasteiger partial charge >= 0.3 is 5.97 Å². The van der Waals surface area contributed by atoms with Crippen LogP contribution in [0.2, 0.25) is 0 Å². The van der Waals surface area contributed by atoms with Crippen molar-refractivity contribution in [3.8, 4) is 11.3 Å². The molecule has 0 atom stereocenters. The normalized spacial score (nSPS) is 11.2. The van der Waals surface area contributed by atoms with Gasteiger partial charge in [-0.05, 0) is 36.6 Å². The molecule has 1 aromatic carbocycles. The van der Waals surface area contributed by atoms with Crippen LogP contribution in [0.15, 0.2) is 42.6 Å². The summed E-state index contributed by atoms with van der Waals surface area (Å²) in [5.41, 5.74) is 4.60. The summed E-state index contributed by atoms with van der Waals surface area (Å²) in [5.74, 6) is -0.580. The van der Waals surface area contributed by atoms with E-state index in [1.165, 1.54) is 0 Å². The Balaban J connectivity index is 2.05. The smallest absolute Gasteiger partial charge is 0.335 e. The number of aromatic carboxylic acids is 1. The number of carbonyl (C=O) groups excluding carboxylic acids is 1. The van der Waals surface area contributed by atoms with Crippen LogP contribution in [0.4, 0.5) is 0 Å². The molecule has 1 N–H and O–H groups in total. The maximum Gasteiger partial charge on any atom is 0.335 e. The number of carboxylic acid groups (broad SMARTS) is 1. The second kappa shape index (κ2) is 7.84. The van der Waals surface area contributed by atoms with Gasteiger partial charge in [0.1, 0.15) is 5.65 Å². The summed E-state index contributed by atoms with van der Waals surface area (Å²) in [6, 6.07) is 10.6. The Bertz CT molecular complexity index is 1020. The first-order valence-electron chi connectivity index (χ1n) is 9.31. The van der Waals surface area contributed by atoms with Crippen LogP contribution >= 0.6 is 0 Å². The van der Waals surface area contributed by atoms with Crippen LogP contribution in [0.1, 0.15) is 41.9 Å². The molecule has 0 aliphatic rings. The van der Waals surface area contributed by atoms with Crippen molar-refractivity contribution in [1.29, 1.82) is 0 Å². The zero-order valence-corrected chi connectivity index (χ0v) is 16.6. The second-order valence-corrected chi connectivity index (χ2v) is 7.57. The average molecular weight is 379 g/mol. The first-order chi connectivity index (χ1) is 13.3. The van der Waals surface area contributed by atoms with Gasteiger partial charge in [0, 0.05) is 25.2 Å². The molecule has 0 spiro atoms. The van der Waals surface area contributed by atoms with Crippen molar-refractivity contribution < 1.29 is 14.7 Å². The first kappa shape index (κ1) is 19.6. The van der Waals surface area contributed by atoms with Crippen LogP contribution in [0.3, 0.4) is 0 Å². The van der Waals surface area contributed by atoms with Crippen molar-refractivity contribution in [3.63, 3.8) is 0 Å². The minimum Gasteiger partial charge on any atom is -0.478 e. The molecule has 0 bridgehead atoms. The highest BCUT2D eigenvalue weighted by Gasteiger charge is 2.19. The number of carboxylic acids is 1.